The smallest absolute Gasteiger partial charge is 0.0129 e. The Morgan fingerprint density at radius 1 is 1.67 bits per heavy atom. The third kappa shape index (κ3) is 1.79. The second-order valence-electron chi connectivity index (χ2n) is 2.05. The molecule has 1 heterocycles. The van der Waals surface area contributed by atoms with Gasteiger partial charge in [-0.2, -0.15) is 0 Å². The van der Waals surface area contributed by atoms with Gasteiger partial charge in [-0.3, -0.25) is 0 Å². The van der Waals surface area contributed by atoms with Crippen LogP contribution in [0.1, 0.15) is 6.42 Å². The van der Waals surface area contributed by atoms with Crippen LogP contribution in [0.3, 0.4) is 0 Å². The summed E-state index contributed by atoms with van der Waals surface area (Å²) in [5.41, 5.74) is 0. The van der Waals surface area contributed by atoms with Crippen LogP contribution in [0.15, 0.2) is 23.4 Å². The largest absolute Gasteiger partial charge is 0.357 e. The fraction of sp³-hybridized carbons (Fsp3) is 0.429. The molecule has 0 unspecified atom stereocenters. The first-order valence-corrected chi connectivity index (χ1v) is 4.18. The molecule has 0 bridgehead atoms. The summed E-state index contributed by atoms with van der Waals surface area (Å²) in [7, 11) is 2.05. The molecule has 0 aromatic heterocycles. The van der Waals surface area contributed by atoms with Crippen molar-refractivity contribution in [3.63, 3.8) is 0 Å². The third-order valence-electron chi connectivity index (χ3n) is 1.27. The van der Waals surface area contributed by atoms with E-state index in [2.05, 4.69) is 29.6 Å². The van der Waals surface area contributed by atoms with Crippen LogP contribution in [-0.4, -0.2) is 18.2 Å². The lowest BCUT2D eigenvalue weighted by atomic mass is 10.3. The molecular formula is C7H11NS. The summed E-state index contributed by atoms with van der Waals surface area (Å²) in [4.78, 5) is 3.51. The molecule has 1 nitrogen and oxygen atoms in total. The zero-order valence-electron chi connectivity index (χ0n) is 5.79. The Hall–Kier alpha value is -0.370. The predicted molar refractivity (Wildman–Crippen MR) is 43.1 cm³/mol. The number of allylic oxidation sites excluding steroid dienone is 2. The molecule has 0 aromatic rings. The van der Waals surface area contributed by atoms with Crippen molar-refractivity contribution < 1.29 is 0 Å². The van der Waals surface area contributed by atoms with Crippen molar-refractivity contribution in [1.82, 2.24) is 4.90 Å². The molecule has 1 rings (SSSR count). The third-order valence-corrected chi connectivity index (χ3v) is 2.07. The molecule has 0 aliphatic carbocycles. The Morgan fingerprint density at radius 2 is 2.44 bits per heavy atom. The highest BCUT2D eigenvalue weighted by molar-refractivity contribution is 8.02. The monoisotopic (exact) mass is 141 g/mol. The van der Waals surface area contributed by atoms with E-state index in [9.17, 15) is 0 Å². The first-order chi connectivity index (χ1) is 4.33. The summed E-state index contributed by atoms with van der Waals surface area (Å²) in [6.45, 7) is 0. The van der Waals surface area contributed by atoms with Gasteiger partial charge >= 0.3 is 0 Å². The van der Waals surface area contributed by atoms with Crippen molar-refractivity contribution in [3.05, 3.63) is 23.4 Å². The molecule has 0 fully saturated rings. The SMILES string of the molecule is CSC1=CN(C)C=CC1. The van der Waals surface area contributed by atoms with Gasteiger partial charge < -0.3 is 4.90 Å². The molecule has 0 aromatic carbocycles. The molecule has 0 atom stereocenters. The highest BCUT2D eigenvalue weighted by Gasteiger charge is 1.97. The van der Waals surface area contributed by atoms with E-state index in [1.165, 1.54) is 4.91 Å². The minimum absolute atomic E-state index is 1.10. The minimum atomic E-state index is 1.10. The van der Waals surface area contributed by atoms with Gasteiger partial charge in [0.25, 0.3) is 0 Å². The molecule has 0 N–H and O–H groups in total. The van der Waals surface area contributed by atoms with Crippen molar-refractivity contribution >= 4 is 11.8 Å². The van der Waals surface area contributed by atoms with Crippen molar-refractivity contribution in [2.45, 2.75) is 6.42 Å². The van der Waals surface area contributed by atoms with Crippen LogP contribution in [-0.2, 0) is 0 Å². The van der Waals surface area contributed by atoms with E-state index in [1.54, 1.807) is 0 Å². The zero-order valence-corrected chi connectivity index (χ0v) is 6.61. The predicted octanol–water partition coefficient (Wildman–Crippen LogP) is 2.04. The Balaban J connectivity index is 2.55. The Kier molecular flexibility index (Phi) is 2.22. The van der Waals surface area contributed by atoms with Crippen molar-refractivity contribution in [3.8, 4) is 0 Å². The summed E-state index contributed by atoms with van der Waals surface area (Å²) >= 11 is 1.82. The molecule has 0 spiro atoms. The molecule has 1 aliphatic heterocycles. The van der Waals surface area contributed by atoms with E-state index in [4.69, 9.17) is 0 Å². The average molecular weight is 141 g/mol. The quantitative estimate of drug-likeness (QED) is 0.549. The number of rotatable bonds is 1. The highest BCUT2D eigenvalue weighted by Crippen LogP contribution is 2.19. The van der Waals surface area contributed by atoms with E-state index >= 15 is 0 Å². The van der Waals surface area contributed by atoms with Gasteiger partial charge in [-0.1, -0.05) is 6.08 Å². The van der Waals surface area contributed by atoms with Gasteiger partial charge in [0.05, 0.1) is 0 Å². The maximum Gasteiger partial charge on any atom is 0.0129 e. The van der Waals surface area contributed by atoms with Crippen LogP contribution < -0.4 is 0 Å². The Bertz CT molecular complexity index is 149. The number of nitrogens with zero attached hydrogens (tertiary/aromatic N) is 1. The Labute approximate surface area is 60.4 Å². The molecule has 0 saturated carbocycles. The van der Waals surface area contributed by atoms with Crippen LogP contribution in [0, 0.1) is 0 Å². The van der Waals surface area contributed by atoms with E-state index in [-0.39, 0.29) is 0 Å². The minimum Gasteiger partial charge on any atom is -0.357 e. The number of hydrogen-bond acceptors (Lipinski definition) is 2. The highest BCUT2D eigenvalue weighted by atomic mass is 32.2. The summed E-state index contributed by atoms with van der Waals surface area (Å²) < 4.78 is 0. The van der Waals surface area contributed by atoms with Gasteiger partial charge in [-0.05, 0) is 18.9 Å². The van der Waals surface area contributed by atoms with E-state index in [0.717, 1.165) is 6.42 Å². The fourth-order valence-corrected chi connectivity index (χ4v) is 1.33. The molecule has 0 saturated heterocycles. The molecule has 9 heavy (non-hydrogen) atoms. The molecular weight excluding hydrogens is 130 g/mol. The van der Waals surface area contributed by atoms with Gasteiger partial charge in [-0.25, -0.2) is 0 Å². The van der Waals surface area contributed by atoms with Gasteiger partial charge in [-0.15, -0.1) is 11.8 Å². The van der Waals surface area contributed by atoms with Crippen LogP contribution in [0.5, 0.6) is 0 Å². The van der Waals surface area contributed by atoms with Crippen LogP contribution in [0.2, 0.25) is 0 Å². The lowest BCUT2D eigenvalue weighted by Gasteiger charge is -2.14. The molecule has 0 radical (unpaired) electrons. The summed E-state index contributed by atoms with van der Waals surface area (Å²) in [6, 6.07) is 0. The maximum absolute atomic E-state index is 2.17. The first-order valence-electron chi connectivity index (χ1n) is 2.96. The van der Waals surface area contributed by atoms with Gasteiger partial charge in [0, 0.05) is 18.2 Å². The van der Waals surface area contributed by atoms with Crippen molar-refractivity contribution in [2.24, 2.45) is 0 Å². The standard InChI is InChI=1S/C7H11NS/c1-8-5-3-4-7(6-8)9-2/h3,5-6H,4H2,1-2H3. The van der Waals surface area contributed by atoms with Gasteiger partial charge in [0.2, 0.25) is 0 Å². The number of hydrogen-bond donors (Lipinski definition) is 0. The molecule has 2 heteroatoms. The first kappa shape index (κ1) is 6.75. The fourth-order valence-electron chi connectivity index (χ4n) is 0.794. The summed E-state index contributed by atoms with van der Waals surface area (Å²) in [6.07, 6.45) is 9.63. The zero-order chi connectivity index (χ0) is 6.69. The normalized spacial score (nSPS) is 18.0. The lowest BCUT2D eigenvalue weighted by Crippen LogP contribution is -2.04. The second kappa shape index (κ2) is 2.97. The average Bonchev–Trinajstić information content (AvgIpc) is 1.88. The topological polar surface area (TPSA) is 3.24 Å². The van der Waals surface area contributed by atoms with E-state index < -0.39 is 0 Å². The van der Waals surface area contributed by atoms with Gasteiger partial charge in [0.15, 0.2) is 0 Å². The molecule has 0 amide bonds. The van der Waals surface area contributed by atoms with Crippen LogP contribution in [0.25, 0.3) is 0 Å². The van der Waals surface area contributed by atoms with E-state index in [1.807, 2.05) is 18.8 Å². The van der Waals surface area contributed by atoms with Crippen molar-refractivity contribution in [1.29, 1.82) is 0 Å². The maximum atomic E-state index is 2.17. The molecule has 50 valence electrons. The van der Waals surface area contributed by atoms with Crippen LogP contribution >= 0.6 is 11.8 Å². The van der Waals surface area contributed by atoms with E-state index in [0.29, 0.717) is 0 Å². The van der Waals surface area contributed by atoms with Gasteiger partial charge in [0.1, 0.15) is 0 Å². The number of thioether (sulfide) groups is 1. The second-order valence-corrected chi connectivity index (χ2v) is 2.99. The molecule has 1 aliphatic rings. The summed E-state index contributed by atoms with van der Waals surface area (Å²) in [5, 5.41) is 0. The van der Waals surface area contributed by atoms with Crippen molar-refractivity contribution in [2.75, 3.05) is 13.3 Å². The Morgan fingerprint density at radius 3 is 2.89 bits per heavy atom. The summed E-state index contributed by atoms with van der Waals surface area (Å²) in [5.74, 6) is 0. The lowest BCUT2D eigenvalue weighted by molar-refractivity contribution is 0.610. The van der Waals surface area contributed by atoms with Crippen LogP contribution in [0.4, 0.5) is 0 Å².